The maximum Gasteiger partial charge on any atom is 0.0922 e. The Morgan fingerprint density at radius 2 is 2.22 bits per heavy atom. The van der Waals surface area contributed by atoms with Gasteiger partial charge in [-0.1, -0.05) is 12.1 Å². The lowest BCUT2D eigenvalue weighted by molar-refractivity contribution is 1.07. The smallest absolute Gasteiger partial charge is 0.0922 e. The molecule has 0 unspecified atom stereocenters. The molecule has 0 aliphatic rings. The van der Waals surface area contributed by atoms with Gasteiger partial charge in [0.15, 0.2) is 0 Å². The molecular weight excluding hydrogens is 226 g/mol. The zero-order valence-corrected chi connectivity index (χ0v) is 9.72. The van der Waals surface area contributed by atoms with Crippen LogP contribution in [-0.2, 0) is 6.54 Å². The van der Waals surface area contributed by atoms with Gasteiger partial charge in [-0.15, -0.1) is 0 Å². The third-order valence-electron chi connectivity index (χ3n) is 2.71. The number of anilines is 1. The summed E-state index contributed by atoms with van der Waals surface area (Å²) in [4.78, 5) is 7.04. The fraction of sp³-hybridized carbons (Fsp3) is 0.0769. The van der Waals surface area contributed by atoms with Crippen LogP contribution in [0.3, 0.4) is 0 Å². The highest BCUT2D eigenvalue weighted by molar-refractivity contribution is 5.64. The van der Waals surface area contributed by atoms with Gasteiger partial charge in [-0.2, -0.15) is 5.10 Å². The first kappa shape index (κ1) is 10.6. The summed E-state index contributed by atoms with van der Waals surface area (Å²) in [5, 5.41) is 10.3. The second kappa shape index (κ2) is 4.75. The van der Waals surface area contributed by atoms with Crippen LogP contribution in [0.25, 0.3) is 11.3 Å². The molecule has 3 aromatic rings. The number of hydrogen-bond acceptors (Lipinski definition) is 3. The van der Waals surface area contributed by atoms with Gasteiger partial charge in [-0.3, -0.25) is 5.10 Å². The number of aromatic nitrogens is 4. The first-order valence-corrected chi connectivity index (χ1v) is 5.73. The number of nitrogens with one attached hydrogen (secondary N) is 3. The van der Waals surface area contributed by atoms with Crippen LogP contribution in [0.1, 0.15) is 5.69 Å². The molecule has 3 N–H and O–H groups in total. The van der Waals surface area contributed by atoms with Crippen molar-refractivity contribution in [1.82, 2.24) is 20.2 Å². The zero-order valence-electron chi connectivity index (χ0n) is 9.72. The van der Waals surface area contributed by atoms with Crippen LogP contribution >= 0.6 is 0 Å². The molecule has 0 spiro atoms. The van der Waals surface area contributed by atoms with Gasteiger partial charge >= 0.3 is 0 Å². The van der Waals surface area contributed by atoms with Crippen molar-refractivity contribution >= 4 is 5.69 Å². The average Bonchev–Trinajstić information content (AvgIpc) is 3.10. The summed E-state index contributed by atoms with van der Waals surface area (Å²) in [6, 6.07) is 10.1. The summed E-state index contributed by atoms with van der Waals surface area (Å²) in [6.07, 6.45) is 5.24. The standard InChI is InChI=1S/C13H13N5/c1-2-10(13-4-5-17-18-13)6-11(3-1)15-8-12-7-14-9-16-12/h1-7,9,15H,8H2,(H,14,16)(H,17,18). The van der Waals surface area contributed by atoms with Gasteiger partial charge in [0, 0.05) is 23.6 Å². The Bertz CT molecular complexity index is 598. The molecule has 5 nitrogen and oxygen atoms in total. The maximum absolute atomic E-state index is 3.98. The molecule has 2 aromatic heterocycles. The van der Waals surface area contributed by atoms with E-state index >= 15 is 0 Å². The molecular formula is C13H13N5. The van der Waals surface area contributed by atoms with Crippen molar-refractivity contribution in [3.8, 4) is 11.3 Å². The van der Waals surface area contributed by atoms with E-state index in [-0.39, 0.29) is 0 Å². The predicted molar refractivity (Wildman–Crippen MR) is 69.9 cm³/mol. The highest BCUT2D eigenvalue weighted by Crippen LogP contribution is 2.20. The van der Waals surface area contributed by atoms with Crippen molar-refractivity contribution < 1.29 is 0 Å². The van der Waals surface area contributed by atoms with Gasteiger partial charge in [-0.25, -0.2) is 4.98 Å². The lowest BCUT2D eigenvalue weighted by Gasteiger charge is -2.06. The van der Waals surface area contributed by atoms with Crippen LogP contribution in [0.5, 0.6) is 0 Å². The van der Waals surface area contributed by atoms with Crippen molar-refractivity contribution in [2.24, 2.45) is 0 Å². The number of aromatic amines is 2. The van der Waals surface area contributed by atoms with E-state index in [0.717, 1.165) is 29.2 Å². The largest absolute Gasteiger partial charge is 0.379 e. The van der Waals surface area contributed by atoms with E-state index in [2.05, 4.69) is 37.6 Å². The Labute approximate surface area is 104 Å². The van der Waals surface area contributed by atoms with Gasteiger partial charge in [0.25, 0.3) is 0 Å². The van der Waals surface area contributed by atoms with Crippen LogP contribution in [0.4, 0.5) is 5.69 Å². The summed E-state index contributed by atoms with van der Waals surface area (Å²) in [5.41, 5.74) is 4.25. The number of rotatable bonds is 4. The summed E-state index contributed by atoms with van der Waals surface area (Å²) in [6.45, 7) is 0.729. The molecule has 0 aliphatic carbocycles. The minimum atomic E-state index is 0.729. The van der Waals surface area contributed by atoms with E-state index < -0.39 is 0 Å². The zero-order chi connectivity index (χ0) is 12.2. The Balaban J connectivity index is 1.75. The van der Waals surface area contributed by atoms with Gasteiger partial charge in [-0.05, 0) is 18.2 Å². The normalized spacial score (nSPS) is 10.4. The van der Waals surface area contributed by atoms with Crippen LogP contribution in [0, 0.1) is 0 Å². The number of nitrogens with zero attached hydrogens (tertiary/aromatic N) is 2. The Morgan fingerprint density at radius 3 is 3.00 bits per heavy atom. The van der Waals surface area contributed by atoms with Crippen molar-refractivity contribution in [3.63, 3.8) is 0 Å². The molecule has 0 aliphatic heterocycles. The van der Waals surface area contributed by atoms with Crippen molar-refractivity contribution in [1.29, 1.82) is 0 Å². The van der Waals surface area contributed by atoms with Gasteiger partial charge in [0.2, 0.25) is 0 Å². The first-order valence-electron chi connectivity index (χ1n) is 5.73. The van der Waals surface area contributed by atoms with E-state index in [4.69, 9.17) is 0 Å². The minimum absolute atomic E-state index is 0.729. The lowest BCUT2D eigenvalue weighted by atomic mass is 10.1. The Hall–Kier alpha value is -2.56. The number of H-pyrrole nitrogens is 2. The molecule has 0 fully saturated rings. The predicted octanol–water partition coefficient (Wildman–Crippen LogP) is 2.41. The lowest BCUT2D eigenvalue weighted by Crippen LogP contribution is -1.99. The van der Waals surface area contributed by atoms with E-state index in [9.17, 15) is 0 Å². The van der Waals surface area contributed by atoms with E-state index in [1.807, 2.05) is 24.4 Å². The summed E-state index contributed by atoms with van der Waals surface area (Å²) < 4.78 is 0. The summed E-state index contributed by atoms with van der Waals surface area (Å²) >= 11 is 0. The highest BCUT2D eigenvalue weighted by Gasteiger charge is 2.00. The Morgan fingerprint density at radius 1 is 1.22 bits per heavy atom. The molecule has 5 heteroatoms. The molecule has 0 bridgehead atoms. The van der Waals surface area contributed by atoms with Crippen LogP contribution in [0.2, 0.25) is 0 Å². The molecule has 3 rings (SSSR count). The Kier molecular flexibility index (Phi) is 2.79. The van der Waals surface area contributed by atoms with E-state index in [1.165, 1.54) is 0 Å². The number of benzene rings is 1. The van der Waals surface area contributed by atoms with Crippen molar-refractivity contribution in [2.45, 2.75) is 6.54 Å². The SMILES string of the molecule is c1cc(NCc2cnc[nH]2)cc(-c2ccn[nH]2)c1. The fourth-order valence-corrected chi connectivity index (χ4v) is 1.79. The van der Waals surface area contributed by atoms with Crippen LogP contribution < -0.4 is 5.32 Å². The maximum atomic E-state index is 3.98. The average molecular weight is 239 g/mol. The molecule has 18 heavy (non-hydrogen) atoms. The van der Waals surface area contributed by atoms with Crippen LogP contribution in [-0.4, -0.2) is 20.2 Å². The third-order valence-corrected chi connectivity index (χ3v) is 2.71. The molecule has 1 aromatic carbocycles. The topological polar surface area (TPSA) is 69.4 Å². The second-order valence-corrected chi connectivity index (χ2v) is 3.98. The molecule has 90 valence electrons. The quantitative estimate of drug-likeness (QED) is 0.654. The molecule has 0 saturated heterocycles. The summed E-state index contributed by atoms with van der Waals surface area (Å²) in [7, 11) is 0. The molecule has 0 atom stereocenters. The number of hydrogen-bond donors (Lipinski definition) is 3. The summed E-state index contributed by atoms with van der Waals surface area (Å²) in [5.74, 6) is 0. The first-order chi connectivity index (χ1) is 8.92. The molecule has 2 heterocycles. The molecule has 0 radical (unpaired) electrons. The minimum Gasteiger partial charge on any atom is -0.379 e. The monoisotopic (exact) mass is 239 g/mol. The van der Waals surface area contributed by atoms with Crippen molar-refractivity contribution in [2.75, 3.05) is 5.32 Å². The van der Waals surface area contributed by atoms with E-state index in [0.29, 0.717) is 0 Å². The second-order valence-electron chi connectivity index (χ2n) is 3.98. The van der Waals surface area contributed by atoms with Crippen LogP contribution in [0.15, 0.2) is 49.1 Å². The number of imidazole rings is 1. The van der Waals surface area contributed by atoms with Gasteiger partial charge < -0.3 is 10.3 Å². The molecule has 0 amide bonds. The highest BCUT2D eigenvalue weighted by atomic mass is 15.1. The third kappa shape index (κ3) is 2.24. The van der Waals surface area contributed by atoms with E-state index in [1.54, 1.807) is 12.5 Å². The fourth-order valence-electron chi connectivity index (χ4n) is 1.79. The molecule has 0 saturated carbocycles. The van der Waals surface area contributed by atoms with Gasteiger partial charge in [0.05, 0.1) is 24.3 Å². The van der Waals surface area contributed by atoms with Crippen molar-refractivity contribution in [3.05, 3.63) is 54.7 Å². The van der Waals surface area contributed by atoms with Gasteiger partial charge in [0.1, 0.15) is 0 Å².